The standard InChI is InChI=1S/C21H27N3O3/c25-19(11-18-10-15-3-6-17(18)9-15)23-12-14-1-4-16(5-2-14)21(27)24-8-7-22-20(26)13-24/h1-2,4-5,15,17-18H,3,6-13H2,(H,22,26)(H,23,25)/t15-,17-,18-/m0/s1. The first kappa shape index (κ1) is 18.0. The second kappa shape index (κ2) is 7.71. The molecule has 6 heteroatoms. The zero-order valence-electron chi connectivity index (χ0n) is 15.6. The molecule has 6 nitrogen and oxygen atoms in total. The van der Waals surface area contributed by atoms with Gasteiger partial charge in [-0.05, 0) is 54.7 Å². The lowest BCUT2D eigenvalue weighted by Crippen LogP contribution is -2.49. The maximum atomic E-state index is 12.5. The molecule has 3 atom stereocenters. The van der Waals surface area contributed by atoms with E-state index >= 15 is 0 Å². The first-order valence-corrected chi connectivity index (χ1v) is 10.00. The minimum absolute atomic E-state index is 0.111. The molecule has 3 amide bonds. The minimum atomic E-state index is -0.128. The summed E-state index contributed by atoms with van der Waals surface area (Å²) in [5, 5.41) is 5.73. The van der Waals surface area contributed by atoms with Gasteiger partial charge in [-0.3, -0.25) is 14.4 Å². The quantitative estimate of drug-likeness (QED) is 0.829. The van der Waals surface area contributed by atoms with Crippen LogP contribution in [0.5, 0.6) is 0 Å². The predicted molar refractivity (Wildman–Crippen MR) is 101 cm³/mol. The van der Waals surface area contributed by atoms with Crippen LogP contribution in [-0.2, 0) is 16.1 Å². The Morgan fingerprint density at radius 2 is 1.96 bits per heavy atom. The molecule has 4 rings (SSSR count). The topological polar surface area (TPSA) is 78.5 Å². The predicted octanol–water partition coefficient (Wildman–Crippen LogP) is 1.70. The number of carbonyl (C=O) groups is 3. The van der Waals surface area contributed by atoms with E-state index < -0.39 is 0 Å². The number of nitrogens with zero attached hydrogens (tertiary/aromatic N) is 1. The van der Waals surface area contributed by atoms with Crippen LogP contribution in [0.4, 0.5) is 0 Å². The molecule has 1 saturated heterocycles. The number of hydrogen-bond donors (Lipinski definition) is 2. The number of piperazine rings is 1. The van der Waals surface area contributed by atoms with Gasteiger partial charge >= 0.3 is 0 Å². The number of carbonyl (C=O) groups excluding carboxylic acids is 3. The molecule has 27 heavy (non-hydrogen) atoms. The molecular weight excluding hydrogens is 342 g/mol. The number of amides is 3. The molecule has 144 valence electrons. The van der Waals surface area contributed by atoms with Gasteiger partial charge in [-0.1, -0.05) is 18.6 Å². The highest BCUT2D eigenvalue weighted by Gasteiger charge is 2.40. The van der Waals surface area contributed by atoms with Gasteiger partial charge in [-0.25, -0.2) is 0 Å². The van der Waals surface area contributed by atoms with Crippen molar-refractivity contribution in [2.75, 3.05) is 19.6 Å². The molecule has 2 saturated carbocycles. The molecule has 2 aliphatic carbocycles. The number of nitrogens with one attached hydrogen (secondary N) is 2. The number of rotatable bonds is 5. The van der Waals surface area contributed by atoms with E-state index in [-0.39, 0.29) is 24.3 Å². The summed E-state index contributed by atoms with van der Waals surface area (Å²) >= 11 is 0. The monoisotopic (exact) mass is 369 g/mol. The normalized spacial score (nSPS) is 26.7. The molecule has 0 unspecified atom stereocenters. The molecule has 0 aromatic heterocycles. The van der Waals surface area contributed by atoms with Crippen molar-refractivity contribution in [3.63, 3.8) is 0 Å². The van der Waals surface area contributed by atoms with Gasteiger partial charge in [-0.2, -0.15) is 0 Å². The number of benzene rings is 1. The van der Waals surface area contributed by atoms with E-state index in [1.54, 1.807) is 17.0 Å². The highest BCUT2D eigenvalue weighted by atomic mass is 16.2. The average molecular weight is 369 g/mol. The Labute approximate surface area is 159 Å². The zero-order valence-corrected chi connectivity index (χ0v) is 15.6. The van der Waals surface area contributed by atoms with Gasteiger partial charge < -0.3 is 15.5 Å². The Morgan fingerprint density at radius 1 is 1.15 bits per heavy atom. The fraction of sp³-hybridized carbons (Fsp3) is 0.571. The lowest BCUT2D eigenvalue weighted by Gasteiger charge is -2.26. The van der Waals surface area contributed by atoms with Crippen LogP contribution < -0.4 is 10.6 Å². The summed E-state index contributed by atoms with van der Waals surface area (Å²) in [6, 6.07) is 7.28. The van der Waals surface area contributed by atoms with Crippen LogP contribution in [0.2, 0.25) is 0 Å². The van der Waals surface area contributed by atoms with Crippen molar-refractivity contribution in [2.24, 2.45) is 17.8 Å². The molecule has 2 N–H and O–H groups in total. The lowest BCUT2D eigenvalue weighted by molar-refractivity contribution is -0.123. The Kier molecular flexibility index (Phi) is 5.14. The smallest absolute Gasteiger partial charge is 0.254 e. The highest BCUT2D eigenvalue weighted by Crippen LogP contribution is 2.49. The maximum Gasteiger partial charge on any atom is 0.254 e. The van der Waals surface area contributed by atoms with Crippen LogP contribution in [0.25, 0.3) is 0 Å². The fourth-order valence-corrected chi connectivity index (χ4v) is 4.90. The van der Waals surface area contributed by atoms with Crippen LogP contribution in [0.3, 0.4) is 0 Å². The van der Waals surface area contributed by atoms with Crippen molar-refractivity contribution < 1.29 is 14.4 Å². The first-order chi connectivity index (χ1) is 13.1. The van der Waals surface area contributed by atoms with Crippen LogP contribution in [-0.4, -0.2) is 42.3 Å². The third kappa shape index (κ3) is 4.15. The van der Waals surface area contributed by atoms with Crippen molar-refractivity contribution in [3.8, 4) is 0 Å². The minimum Gasteiger partial charge on any atom is -0.353 e. The van der Waals surface area contributed by atoms with E-state index in [1.807, 2.05) is 12.1 Å². The molecule has 3 fully saturated rings. The Morgan fingerprint density at radius 3 is 2.63 bits per heavy atom. The number of fused-ring (bicyclic) bond motifs is 2. The molecule has 0 radical (unpaired) electrons. The molecule has 1 aliphatic heterocycles. The van der Waals surface area contributed by atoms with E-state index in [0.29, 0.717) is 37.5 Å². The van der Waals surface area contributed by atoms with Crippen molar-refractivity contribution in [2.45, 2.75) is 38.6 Å². The highest BCUT2D eigenvalue weighted by molar-refractivity contribution is 5.97. The average Bonchev–Trinajstić information content (AvgIpc) is 3.29. The molecule has 2 bridgehead atoms. The molecule has 1 heterocycles. The largest absolute Gasteiger partial charge is 0.353 e. The van der Waals surface area contributed by atoms with E-state index in [2.05, 4.69) is 10.6 Å². The van der Waals surface area contributed by atoms with Crippen LogP contribution in [0, 0.1) is 17.8 Å². The van der Waals surface area contributed by atoms with Gasteiger partial charge in [0, 0.05) is 31.6 Å². The van der Waals surface area contributed by atoms with Crippen LogP contribution >= 0.6 is 0 Å². The summed E-state index contributed by atoms with van der Waals surface area (Å²) in [7, 11) is 0. The van der Waals surface area contributed by atoms with Gasteiger partial charge in [0.1, 0.15) is 0 Å². The number of hydrogen-bond acceptors (Lipinski definition) is 3. The van der Waals surface area contributed by atoms with Gasteiger partial charge in [0.05, 0.1) is 6.54 Å². The summed E-state index contributed by atoms with van der Waals surface area (Å²) in [5.41, 5.74) is 1.55. The first-order valence-electron chi connectivity index (χ1n) is 10.00. The summed E-state index contributed by atoms with van der Waals surface area (Å²) in [4.78, 5) is 37.7. The third-order valence-corrected chi connectivity index (χ3v) is 6.35. The molecule has 1 aromatic rings. The van der Waals surface area contributed by atoms with E-state index in [4.69, 9.17) is 0 Å². The Balaban J connectivity index is 1.26. The molecule has 1 aromatic carbocycles. The van der Waals surface area contributed by atoms with Crippen molar-refractivity contribution >= 4 is 17.7 Å². The zero-order chi connectivity index (χ0) is 18.8. The molecule has 3 aliphatic rings. The summed E-state index contributed by atoms with van der Waals surface area (Å²) in [6.45, 7) is 1.63. The van der Waals surface area contributed by atoms with E-state index in [9.17, 15) is 14.4 Å². The van der Waals surface area contributed by atoms with E-state index in [0.717, 1.165) is 17.4 Å². The summed E-state index contributed by atoms with van der Waals surface area (Å²) in [6.07, 6.45) is 5.86. The van der Waals surface area contributed by atoms with Crippen molar-refractivity contribution in [3.05, 3.63) is 35.4 Å². The van der Waals surface area contributed by atoms with Gasteiger partial charge in [0.2, 0.25) is 11.8 Å². The van der Waals surface area contributed by atoms with Crippen LogP contribution in [0.1, 0.15) is 48.0 Å². The van der Waals surface area contributed by atoms with Gasteiger partial charge in [0.25, 0.3) is 5.91 Å². The van der Waals surface area contributed by atoms with E-state index in [1.165, 1.54) is 25.7 Å². The van der Waals surface area contributed by atoms with Gasteiger partial charge in [-0.15, -0.1) is 0 Å². The summed E-state index contributed by atoms with van der Waals surface area (Å²) < 4.78 is 0. The fourth-order valence-electron chi connectivity index (χ4n) is 4.90. The Bertz CT molecular complexity index is 731. The van der Waals surface area contributed by atoms with Crippen LogP contribution in [0.15, 0.2) is 24.3 Å². The Hall–Kier alpha value is -2.37. The second-order valence-electron chi connectivity index (χ2n) is 8.19. The molecular formula is C21H27N3O3. The lowest BCUT2D eigenvalue weighted by atomic mass is 9.86. The van der Waals surface area contributed by atoms with Crippen molar-refractivity contribution in [1.29, 1.82) is 0 Å². The SMILES string of the molecule is O=C(C[C@@H]1C[C@H]2CC[C@H]1C2)NCc1ccc(C(=O)N2CCNC(=O)C2)cc1. The second-order valence-corrected chi connectivity index (χ2v) is 8.19. The summed E-state index contributed by atoms with van der Waals surface area (Å²) in [5.74, 6) is 2.09. The maximum absolute atomic E-state index is 12.5. The molecule has 0 spiro atoms. The third-order valence-electron chi connectivity index (χ3n) is 6.35. The van der Waals surface area contributed by atoms with Crippen molar-refractivity contribution in [1.82, 2.24) is 15.5 Å². The van der Waals surface area contributed by atoms with Gasteiger partial charge in [0.15, 0.2) is 0 Å².